The number of hydrogen-bond donors (Lipinski definition) is 2. The third kappa shape index (κ3) is 1.95. The quantitative estimate of drug-likeness (QED) is 0.829. The van der Waals surface area contributed by atoms with E-state index in [4.69, 9.17) is 4.74 Å². The molecule has 0 radical (unpaired) electrons. The molecule has 1 saturated carbocycles. The summed E-state index contributed by atoms with van der Waals surface area (Å²) in [4.78, 5) is 0. The van der Waals surface area contributed by atoms with E-state index in [2.05, 4.69) is 20.8 Å². The second kappa shape index (κ2) is 4.47. The Labute approximate surface area is 120 Å². The molecule has 2 N–H and O–H groups in total. The van der Waals surface area contributed by atoms with E-state index < -0.39 is 0 Å². The fourth-order valence-electron chi connectivity index (χ4n) is 4.05. The van der Waals surface area contributed by atoms with E-state index in [1.807, 2.05) is 18.2 Å². The van der Waals surface area contributed by atoms with Crippen molar-refractivity contribution in [2.75, 3.05) is 0 Å². The monoisotopic (exact) mass is 276 g/mol. The van der Waals surface area contributed by atoms with Gasteiger partial charge in [0.15, 0.2) is 0 Å². The minimum absolute atomic E-state index is 0.0568. The smallest absolute Gasteiger partial charge is 0.123 e. The van der Waals surface area contributed by atoms with Gasteiger partial charge in [-0.15, -0.1) is 0 Å². The summed E-state index contributed by atoms with van der Waals surface area (Å²) < 4.78 is 6.31. The van der Waals surface area contributed by atoms with Gasteiger partial charge in [0.25, 0.3) is 0 Å². The molecule has 0 unspecified atom stereocenters. The summed E-state index contributed by atoms with van der Waals surface area (Å²) in [6.45, 7) is 6.52. The summed E-state index contributed by atoms with van der Waals surface area (Å²) in [6, 6.07) is 5.93. The second-order valence-corrected chi connectivity index (χ2v) is 7.15. The number of ether oxygens (including phenoxy) is 1. The van der Waals surface area contributed by atoms with Crippen LogP contribution in [0.25, 0.3) is 0 Å². The predicted molar refractivity (Wildman–Crippen MR) is 77.6 cm³/mol. The molecular weight excluding hydrogens is 252 g/mol. The van der Waals surface area contributed by atoms with Gasteiger partial charge in [-0.2, -0.15) is 0 Å². The molecule has 3 nitrogen and oxygen atoms in total. The maximum atomic E-state index is 10.3. The molecule has 0 saturated heterocycles. The molecule has 0 aromatic heterocycles. The molecule has 1 heterocycles. The van der Waals surface area contributed by atoms with Crippen LogP contribution in [0.1, 0.15) is 44.7 Å². The van der Waals surface area contributed by atoms with Crippen LogP contribution in [0, 0.1) is 11.3 Å². The van der Waals surface area contributed by atoms with Crippen molar-refractivity contribution in [3.05, 3.63) is 29.3 Å². The molecule has 110 valence electrons. The van der Waals surface area contributed by atoms with Crippen molar-refractivity contribution in [1.29, 1.82) is 0 Å². The lowest BCUT2D eigenvalue weighted by molar-refractivity contribution is -0.137. The molecular formula is C17H24O3. The first-order valence-electron chi connectivity index (χ1n) is 7.46. The van der Waals surface area contributed by atoms with Crippen molar-refractivity contribution in [2.45, 2.75) is 58.3 Å². The van der Waals surface area contributed by atoms with Gasteiger partial charge in [-0.1, -0.05) is 19.9 Å². The Hall–Kier alpha value is -1.06. The van der Waals surface area contributed by atoms with Gasteiger partial charge < -0.3 is 14.9 Å². The zero-order valence-corrected chi connectivity index (χ0v) is 12.5. The number of aliphatic hydroxyl groups excluding tert-OH is 2. The topological polar surface area (TPSA) is 49.7 Å². The minimum atomic E-state index is -0.272. The van der Waals surface area contributed by atoms with Gasteiger partial charge in [0.05, 0.1) is 12.7 Å². The van der Waals surface area contributed by atoms with E-state index in [-0.39, 0.29) is 23.7 Å². The SMILES string of the molecule is CC1(C)[C@H](O)CC[C@@]2(C)Oc3ccc(CO)cc3C[C@@H]12. The van der Waals surface area contributed by atoms with Crippen LogP contribution in [0.3, 0.4) is 0 Å². The number of aliphatic hydroxyl groups is 2. The lowest BCUT2D eigenvalue weighted by atomic mass is 9.58. The molecule has 1 aliphatic carbocycles. The van der Waals surface area contributed by atoms with Gasteiger partial charge in [0.1, 0.15) is 11.4 Å². The third-order valence-corrected chi connectivity index (χ3v) is 5.48. The normalized spacial score (nSPS) is 34.9. The molecule has 1 aromatic rings. The van der Waals surface area contributed by atoms with E-state index in [1.165, 1.54) is 0 Å². The van der Waals surface area contributed by atoms with E-state index in [0.717, 1.165) is 36.1 Å². The molecule has 3 rings (SSSR count). The Kier molecular flexibility index (Phi) is 3.11. The highest BCUT2D eigenvalue weighted by atomic mass is 16.5. The Balaban J connectivity index is 2.02. The summed E-state index contributed by atoms with van der Waals surface area (Å²) in [5, 5.41) is 19.6. The maximum Gasteiger partial charge on any atom is 0.123 e. The molecule has 3 heteroatoms. The van der Waals surface area contributed by atoms with Crippen LogP contribution in [0.4, 0.5) is 0 Å². The zero-order valence-electron chi connectivity index (χ0n) is 12.5. The highest BCUT2D eigenvalue weighted by molar-refractivity contribution is 5.40. The van der Waals surface area contributed by atoms with Crippen LogP contribution in [-0.2, 0) is 13.0 Å². The van der Waals surface area contributed by atoms with Crippen molar-refractivity contribution < 1.29 is 14.9 Å². The van der Waals surface area contributed by atoms with Gasteiger partial charge in [-0.05, 0) is 54.9 Å². The number of fused-ring (bicyclic) bond motifs is 2. The van der Waals surface area contributed by atoms with Crippen LogP contribution in [0.5, 0.6) is 5.75 Å². The molecule has 1 fully saturated rings. The van der Waals surface area contributed by atoms with Crippen LogP contribution in [-0.4, -0.2) is 21.9 Å². The maximum absolute atomic E-state index is 10.3. The second-order valence-electron chi connectivity index (χ2n) is 7.15. The van der Waals surface area contributed by atoms with Crippen LogP contribution in [0.2, 0.25) is 0 Å². The summed E-state index contributed by atoms with van der Waals surface area (Å²) in [7, 11) is 0. The first-order chi connectivity index (χ1) is 9.37. The third-order valence-electron chi connectivity index (χ3n) is 5.48. The van der Waals surface area contributed by atoms with Crippen LogP contribution in [0.15, 0.2) is 18.2 Å². The first-order valence-corrected chi connectivity index (χ1v) is 7.46. The highest BCUT2D eigenvalue weighted by Gasteiger charge is 2.54. The summed E-state index contributed by atoms with van der Waals surface area (Å²) in [6.07, 6.45) is 2.32. The lowest BCUT2D eigenvalue weighted by Gasteiger charge is -2.55. The van der Waals surface area contributed by atoms with Gasteiger partial charge in [0, 0.05) is 5.92 Å². The average molecular weight is 276 g/mol. The van der Waals surface area contributed by atoms with Gasteiger partial charge >= 0.3 is 0 Å². The standard InChI is InChI=1S/C17H24O3/c1-16(2)14-9-12-8-11(10-18)4-5-13(12)20-17(14,3)7-6-15(16)19/h4-5,8,14-15,18-19H,6-7,9-10H2,1-3H3/t14-,15+,17+/m0/s1. The predicted octanol–water partition coefficient (Wildman–Crippen LogP) is 2.67. The summed E-state index contributed by atoms with van der Waals surface area (Å²) in [5.41, 5.74) is 1.72. The lowest BCUT2D eigenvalue weighted by Crippen LogP contribution is -2.58. The summed E-state index contributed by atoms with van der Waals surface area (Å²) in [5.74, 6) is 1.23. The summed E-state index contributed by atoms with van der Waals surface area (Å²) >= 11 is 0. The zero-order chi connectivity index (χ0) is 14.5. The van der Waals surface area contributed by atoms with Crippen LogP contribution >= 0.6 is 0 Å². The molecule has 1 aromatic carbocycles. The average Bonchev–Trinajstić information content (AvgIpc) is 2.42. The minimum Gasteiger partial charge on any atom is -0.487 e. The van der Waals surface area contributed by atoms with Crippen molar-refractivity contribution in [1.82, 2.24) is 0 Å². The number of benzene rings is 1. The van der Waals surface area contributed by atoms with Gasteiger partial charge in [-0.25, -0.2) is 0 Å². The Morgan fingerprint density at radius 2 is 2.05 bits per heavy atom. The molecule has 0 spiro atoms. The Bertz CT molecular complexity index is 523. The first kappa shape index (κ1) is 13.9. The van der Waals surface area contributed by atoms with Crippen molar-refractivity contribution in [3.63, 3.8) is 0 Å². The molecule has 3 atom stereocenters. The van der Waals surface area contributed by atoms with E-state index >= 15 is 0 Å². The highest BCUT2D eigenvalue weighted by Crippen LogP contribution is 2.52. The number of rotatable bonds is 1. The van der Waals surface area contributed by atoms with Crippen LogP contribution < -0.4 is 4.74 Å². The number of hydrogen-bond acceptors (Lipinski definition) is 3. The fraction of sp³-hybridized carbons (Fsp3) is 0.647. The van der Waals surface area contributed by atoms with Gasteiger partial charge in [-0.3, -0.25) is 0 Å². The largest absolute Gasteiger partial charge is 0.487 e. The van der Waals surface area contributed by atoms with E-state index in [9.17, 15) is 10.2 Å². The van der Waals surface area contributed by atoms with Crippen molar-refractivity contribution >= 4 is 0 Å². The molecule has 0 bridgehead atoms. The Morgan fingerprint density at radius 1 is 1.30 bits per heavy atom. The van der Waals surface area contributed by atoms with Crippen molar-refractivity contribution in [2.24, 2.45) is 11.3 Å². The van der Waals surface area contributed by atoms with E-state index in [0.29, 0.717) is 5.92 Å². The molecule has 20 heavy (non-hydrogen) atoms. The fourth-order valence-corrected chi connectivity index (χ4v) is 4.05. The Morgan fingerprint density at radius 3 is 2.75 bits per heavy atom. The molecule has 2 aliphatic rings. The van der Waals surface area contributed by atoms with E-state index in [1.54, 1.807) is 0 Å². The molecule has 1 aliphatic heterocycles. The van der Waals surface area contributed by atoms with Gasteiger partial charge in [0.2, 0.25) is 0 Å². The van der Waals surface area contributed by atoms with Crippen molar-refractivity contribution in [3.8, 4) is 5.75 Å². The molecule has 0 amide bonds.